The van der Waals surface area contributed by atoms with Crippen LogP contribution in [0.3, 0.4) is 0 Å². The molecular weight excluding hydrogens is 493 g/mol. The summed E-state index contributed by atoms with van der Waals surface area (Å²) in [6.07, 6.45) is -3.32. The third-order valence-electron chi connectivity index (χ3n) is 5.94. The van der Waals surface area contributed by atoms with Crippen LogP contribution < -0.4 is 10.2 Å². The molecule has 0 aliphatic carbocycles. The summed E-state index contributed by atoms with van der Waals surface area (Å²) < 4.78 is 96.7. The third kappa shape index (κ3) is 4.40. The lowest BCUT2D eigenvalue weighted by atomic mass is 10.0. The number of hydrogen-bond donors (Lipinski definition) is 1. The summed E-state index contributed by atoms with van der Waals surface area (Å²) in [5.41, 5.74) is -0.778. The lowest BCUT2D eigenvalue weighted by Gasteiger charge is -2.36. The summed E-state index contributed by atoms with van der Waals surface area (Å²) >= 11 is 0. The Morgan fingerprint density at radius 2 is 1.81 bits per heavy atom. The van der Waals surface area contributed by atoms with Crippen molar-refractivity contribution in [3.8, 4) is 11.1 Å². The van der Waals surface area contributed by atoms with Crippen LogP contribution in [0.4, 0.5) is 42.4 Å². The van der Waals surface area contributed by atoms with Crippen LogP contribution in [0.15, 0.2) is 48.8 Å². The average molecular weight is 510 g/mol. The van der Waals surface area contributed by atoms with Crippen LogP contribution in [0.5, 0.6) is 0 Å². The van der Waals surface area contributed by atoms with Crippen LogP contribution in [-0.2, 0) is 6.18 Å². The highest BCUT2D eigenvalue weighted by Crippen LogP contribution is 2.32. The van der Waals surface area contributed by atoms with E-state index in [0.29, 0.717) is 0 Å². The number of pyridine rings is 2. The summed E-state index contributed by atoms with van der Waals surface area (Å²) in [4.78, 5) is 9.09. The molecule has 4 aromatic rings. The van der Waals surface area contributed by atoms with Gasteiger partial charge in [-0.3, -0.25) is 4.98 Å². The second kappa shape index (κ2) is 8.95. The van der Waals surface area contributed by atoms with Crippen molar-refractivity contribution in [3.05, 3.63) is 71.9 Å². The van der Waals surface area contributed by atoms with E-state index < -0.39 is 41.5 Å². The molecule has 3 aromatic heterocycles. The van der Waals surface area contributed by atoms with E-state index >= 15 is 4.39 Å². The van der Waals surface area contributed by atoms with E-state index in [-0.39, 0.29) is 47.9 Å². The Labute approximate surface area is 199 Å². The Hall–Kier alpha value is -3.90. The highest BCUT2D eigenvalue weighted by Gasteiger charge is 2.34. The number of alkyl halides is 4. The van der Waals surface area contributed by atoms with Gasteiger partial charge in [-0.2, -0.15) is 18.2 Å². The van der Waals surface area contributed by atoms with E-state index in [1.165, 1.54) is 33.8 Å². The molecule has 1 aromatic carbocycles. The smallest absolute Gasteiger partial charge is 0.368 e. The molecule has 188 valence electrons. The van der Waals surface area contributed by atoms with Crippen LogP contribution in [-0.4, -0.2) is 44.9 Å². The Morgan fingerprint density at radius 1 is 1.00 bits per heavy atom. The van der Waals surface area contributed by atoms with Crippen molar-refractivity contribution < 1.29 is 30.7 Å². The Balaban J connectivity index is 1.35. The minimum Gasteiger partial charge on any atom is -0.368 e. The number of benzene rings is 1. The molecular formula is C23H17F7N6. The van der Waals surface area contributed by atoms with E-state index in [9.17, 15) is 26.3 Å². The van der Waals surface area contributed by atoms with E-state index in [0.717, 1.165) is 24.4 Å². The van der Waals surface area contributed by atoms with Gasteiger partial charge in [0.15, 0.2) is 23.1 Å². The van der Waals surface area contributed by atoms with Crippen LogP contribution in [0.2, 0.25) is 0 Å². The van der Waals surface area contributed by atoms with Crippen LogP contribution in [0.25, 0.3) is 16.8 Å². The molecule has 1 aliphatic heterocycles. The third-order valence-corrected chi connectivity index (χ3v) is 5.94. The molecule has 1 saturated heterocycles. The van der Waals surface area contributed by atoms with Crippen molar-refractivity contribution >= 4 is 17.3 Å². The summed E-state index contributed by atoms with van der Waals surface area (Å²) in [5, 5.41) is 7.08. The first-order valence-electron chi connectivity index (χ1n) is 10.8. The first kappa shape index (κ1) is 23.8. The molecule has 1 aliphatic rings. The molecule has 0 spiro atoms. The van der Waals surface area contributed by atoms with E-state index in [1.807, 2.05) is 0 Å². The van der Waals surface area contributed by atoms with Gasteiger partial charge in [-0.05, 0) is 42.8 Å². The fraction of sp³-hybridized carbons (Fsp3) is 0.261. The molecule has 4 heterocycles. The van der Waals surface area contributed by atoms with Crippen molar-refractivity contribution in [3.63, 3.8) is 0 Å². The van der Waals surface area contributed by atoms with Gasteiger partial charge >= 0.3 is 6.18 Å². The Bertz CT molecular complexity index is 1420. The Kier molecular flexibility index (Phi) is 5.92. The van der Waals surface area contributed by atoms with Crippen LogP contribution >= 0.6 is 0 Å². The van der Waals surface area contributed by atoms with E-state index in [1.54, 1.807) is 0 Å². The molecule has 0 unspecified atom stereocenters. The van der Waals surface area contributed by atoms with Crippen molar-refractivity contribution in [2.24, 2.45) is 0 Å². The molecule has 5 rings (SSSR count). The first-order chi connectivity index (χ1) is 17.1. The monoisotopic (exact) mass is 510 g/mol. The number of rotatable bonds is 4. The molecule has 0 amide bonds. The summed E-state index contributed by atoms with van der Waals surface area (Å²) in [6.45, 7) is 0.0930. The molecule has 6 nitrogen and oxygen atoms in total. The molecule has 0 bridgehead atoms. The number of hydrogen-bond acceptors (Lipinski definition) is 5. The number of anilines is 2. The van der Waals surface area contributed by atoms with Crippen molar-refractivity contribution in [2.75, 3.05) is 23.3 Å². The topological polar surface area (TPSA) is 58.4 Å². The molecule has 2 atom stereocenters. The number of halogens is 7. The average Bonchev–Trinajstić information content (AvgIpc) is 3.26. The van der Waals surface area contributed by atoms with Crippen LogP contribution in [0.1, 0.15) is 12.1 Å². The standard InChI is InChI=1S/C23H17F7N6/c24-15-4-3-13(19(26)20(15)27)14-2-1-8-36-21(14)33-22(34-36)32-17-6-9-35(11-16(17)25)12-5-7-31-18(10-12)23(28,29)30/h1-5,7-8,10,16-17H,6,9,11H2,(H,32,34)/t16-,17+/m1/s1. The minimum atomic E-state index is -4.61. The summed E-state index contributed by atoms with van der Waals surface area (Å²) in [7, 11) is 0. The summed E-state index contributed by atoms with van der Waals surface area (Å²) in [5.74, 6) is -4.29. The molecule has 13 heteroatoms. The zero-order valence-electron chi connectivity index (χ0n) is 18.3. The normalized spacial score (nSPS) is 18.6. The van der Waals surface area contributed by atoms with Gasteiger partial charge in [-0.15, -0.1) is 5.10 Å². The summed E-state index contributed by atoms with van der Waals surface area (Å²) in [6, 6.07) is 6.38. The highest BCUT2D eigenvalue weighted by molar-refractivity contribution is 5.78. The molecule has 1 N–H and O–H groups in total. The lowest BCUT2D eigenvalue weighted by molar-refractivity contribution is -0.141. The SMILES string of the molecule is Fc1ccc(-c2cccn3nc(N[C@H]4CCN(c5ccnc(C(F)(F)F)c5)C[C@H]4F)nc23)c(F)c1F. The molecule has 0 radical (unpaired) electrons. The number of nitrogens with one attached hydrogen (secondary N) is 1. The highest BCUT2D eigenvalue weighted by atomic mass is 19.4. The zero-order chi connectivity index (χ0) is 25.6. The maximum Gasteiger partial charge on any atom is 0.433 e. The molecule has 0 saturated carbocycles. The largest absolute Gasteiger partial charge is 0.433 e. The number of fused-ring (bicyclic) bond motifs is 1. The van der Waals surface area contributed by atoms with Gasteiger partial charge in [0.05, 0.1) is 12.6 Å². The zero-order valence-corrected chi connectivity index (χ0v) is 18.3. The van der Waals surface area contributed by atoms with Gasteiger partial charge in [-0.25, -0.2) is 22.1 Å². The van der Waals surface area contributed by atoms with Gasteiger partial charge in [0, 0.05) is 35.8 Å². The molecule has 1 fully saturated rings. The predicted molar refractivity (Wildman–Crippen MR) is 117 cm³/mol. The van der Waals surface area contributed by atoms with Crippen molar-refractivity contribution in [1.29, 1.82) is 0 Å². The van der Waals surface area contributed by atoms with Gasteiger partial charge < -0.3 is 10.2 Å². The quantitative estimate of drug-likeness (QED) is 0.300. The minimum absolute atomic E-state index is 0.0230. The van der Waals surface area contributed by atoms with Gasteiger partial charge in [0.25, 0.3) is 0 Å². The predicted octanol–water partition coefficient (Wildman–Crippen LogP) is 5.26. The second-order valence-electron chi connectivity index (χ2n) is 8.25. The van der Waals surface area contributed by atoms with E-state index in [2.05, 4.69) is 20.4 Å². The van der Waals surface area contributed by atoms with Gasteiger partial charge in [-0.1, -0.05) is 0 Å². The van der Waals surface area contributed by atoms with Crippen molar-refractivity contribution in [2.45, 2.75) is 24.8 Å². The first-order valence-corrected chi connectivity index (χ1v) is 10.8. The number of nitrogens with zero attached hydrogens (tertiary/aromatic N) is 5. The number of piperidine rings is 1. The number of aromatic nitrogens is 4. The Morgan fingerprint density at radius 3 is 2.56 bits per heavy atom. The van der Waals surface area contributed by atoms with Gasteiger partial charge in [0.2, 0.25) is 5.95 Å². The van der Waals surface area contributed by atoms with Crippen molar-refractivity contribution in [1.82, 2.24) is 19.6 Å². The van der Waals surface area contributed by atoms with Crippen LogP contribution in [0, 0.1) is 17.5 Å². The maximum atomic E-state index is 15.0. The lowest BCUT2D eigenvalue weighted by Crippen LogP contribution is -2.48. The maximum absolute atomic E-state index is 15.0. The fourth-order valence-corrected chi connectivity index (χ4v) is 4.15. The second-order valence-corrected chi connectivity index (χ2v) is 8.25. The van der Waals surface area contributed by atoms with Gasteiger partial charge in [0.1, 0.15) is 11.9 Å². The fourth-order valence-electron chi connectivity index (χ4n) is 4.15. The van der Waals surface area contributed by atoms with E-state index in [4.69, 9.17) is 0 Å². The molecule has 36 heavy (non-hydrogen) atoms.